The van der Waals surface area contributed by atoms with Gasteiger partial charge in [0.2, 0.25) is 0 Å². The second-order valence-electron chi connectivity index (χ2n) is 7.64. The van der Waals surface area contributed by atoms with Crippen molar-refractivity contribution in [3.05, 3.63) is 23.8 Å². The highest BCUT2D eigenvalue weighted by molar-refractivity contribution is 6.62. The molecule has 2 N–H and O–H groups in total. The van der Waals surface area contributed by atoms with E-state index in [1.165, 1.54) is 0 Å². The molecule has 6 nitrogen and oxygen atoms in total. The lowest BCUT2D eigenvalue weighted by Crippen LogP contribution is -2.41. The van der Waals surface area contributed by atoms with E-state index in [1.807, 2.05) is 41.5 Å². The van der Waals surface area contributed by atoms with Gasteiger partial charge in [-0.1, -0.05) is 19.9 Å². The number of benzene rings is 1. The van der Waals surface area contributed by atoms with Gasteiger partial charge in [-0.25, -0.2) is 0 Å². The summed E-state index contributed by atoms with van der Waals surface area (Å²) in [7, 11) is -0.566. The van der Waals surface area contributed by atoms with Gasteiger partial charge in [0.05, 0.1) is 16.8 Å². The van der Waals surface area contributed by atoms with Crippen LogP contribution in [0.1, 0.15) is 47.1 Å². The molecule has 1 aliphatic heterocycles. The van der Waals surface area contributed by atoms with E-state index in [4.69, 9.17) is 19.8 Å². The summed E-state index contributed by atoms with van der Waals surface area (Å²) in [6.45, 7) is 11.5. The number of nitrogens with two attached hydrogens (primary N) is 1. The number of ether oxygens (including phenoxy) is 1. The van der Waals surface area contributed by atoms with E-state index in [2.05, 4.69) is 6.07 Å². The van der Waals surface area contributed by atoms with Crippen LogP contribution in [0.3, 0.4) is 0 Å². The molecule has 0 spiro atoms. The van der Waals surface area contributed by atoms with Gasteiger partial charge >= 0.3 is 7.12 Å². The third-order valence-corrected chi connectivity index (χ3v) is 4.79. The highest BCUT2D eigenvalue weighted by Gasteiger charge is 2.51. The van der Waals surface area contributed by atoms with Crippen LogP contribution in [0.5, 0.6) is 5.75 Å². The molecule has 1 saturated heterocycles. The summed E-state index contributed by atoms with van der Waals surface area (Å²) in [6, 6.07) is 7.18. The van der Waals surface area contributed by atoms with Gasteiger partial charge in [-0.2, -0.15) is 5.26 Å². The zero-order valence-corrected chi connectivity index (χ0v) is 15.6. The van der Waals surface area contributed by atoms with Gasteiger partial charge in [0.15, 0.2) is 6.10 Å². The van der Waals surface area contributed by atoms with Crippen molar-refractivity contribution in [2.24, 2.45) is 11.7 Å². The van der Waals surface area contributed by atoms with Crippen LogP contribution in [-0.4, -0.2) is 30.3 Å². The Labute approximate surface area is 149 Å². The van der Waals surface area contributed by atoms with Crippen molar-refractivity contribution >= 4 is 18.5 Å². The molecule has 0 aliphatic carbocycles. The van der Waals surface area contributed by atoms with Gasteiger partial charge in [0.25, 0.3) is 5.91 Å². The van der Waals surface area contributed by atoms with Crippen molar-refractivity contribution in [3.63, 3.8) is 0 Å². The molecule has 0 radical (unpaired) electrons. The average molecular weight is 344 g/mol. The van der Waals surface area contributed by atoms with Crippen LogP contribution in [0.4, 0.5) is 0 Å². The number of nitrogens with zero attached hydrogens (tertiary/aromatic N) is 1. The van der Waals surface area contributed by atoms with Crippen molar-refractivity contribution in [1.29, 1.82) is 5.26 Å². The fraction of sp³-hybridized carbons (Fsp3) is 0.556. The van der Waals surface area contributed by atoms with Crippen LogP contribution in [0.15, 0.2) is 18.2 Å². The van der Waals surface area contributed by atoms with Crippen LogP contribution in [-0.2, 0) is 14.1 Å². The van der Waals surface area contributed by atoms with Crippen molar-refractivity contribution < 1.29 is 18.8 Å². The molecule has 2 rings (SSSR count). The summed E-state index contributed by atoms with van der Waals surface area (Å²) >= 11 is 0. The molecule has 1 amide bonds. The Kier molecular flexibility index (Phi) is 5.17. The van der Waals surface area contributed by atoms with E-state index in [-0.39, 0.29) is 5.92 Å². The summed E-state index contributed by atoms with van der Waals surface area (Å²) in [5.74, 6) is -0.346. The third kappa shape index (κ3) is 3.81. The number of carbonyl (C=O) groups excluding carboxylic acids is 1. The minimum Gasteiger partial charge on any atom is -0.479 e. The topological polar surface area (TPSA) is 94.6 Å². The first-order valence-electron chi connectivity index (χ1n) is 8.34. The lowest BCUT2D eigenvalue weighted by atomic mass is 9.78. The van der Waals surface area contributed by atoms with E-state index < -0.39 is 30.3 Å². The number of hydrogen-bond acceptors (Lipinski definition) is 5. The van der Waals surface area contributed by atoms with Crippen LogP contribution in [0.25, 0.3) is 0 Å². The number of carbonyl (C=O) groups is 1. The molecule has 1 aromatic carbocycles. The highest BCUT2D eigenvalue weighted by atomic mass is 16.7. The number of rotatable bonds is 5. The van der Waals surface area contributed by atoms with Gasteiger partial charge in [-0.05, 0) is 51.2 Å². The number of hydrogen-bond donors (Lipinski definition) is 1. The van der Waals surface area contributed by atoms with Gasteiger partial charge in [-0.3, -0.25) is 4.79 Å². The largest absolute Gasteiger partial charge is 0.494 e. The van der Waals surface area contributed by atoms with E-state index in [9.17, 15) is 10.1 Å². The molecule has 7 heteroatoms. The summed E-state index contributed by atoms with van der Waals surface area (Å²) in [4.78, 5) is 11.5. The van der Waals surface area contributed by atoms with Crippen molar-refractivity contribution in [1.82, 2.24) is 0 Å². The monoisotopic (exact) mass is 344 g/mol. The SMILES string of the molecule is CC(C)C(Oc1ccc(B2OC(C)(C)C(C)(C)O2)cc1C#N)C(N)=O. The second-order valence-corrected chi connectivity index (χ2v) is 7.64. The Morgan fingerprint density at radius 2 is 1.80 bits per heavy atom. The molecule has 1 aliphatic rings. The molecular formula is C18H25BN2O4. The lowest BCUT2D eigenvalue weighted by Gasteiger charge is -2.32. The van der Waals surface area contributed by atoms with Gasteiger partial charge in [0, 0.05) is 0 Å². The minimum absolute atomic E-state index is 0.105. The van der Waals surface area contributed by atoms with Crippen LogP contribution >= 0.6 is 0 Å². The second kappa shape index (κ2) is 6.70. The molecule has 0 saturated carbocycles. The van der Waals surface area contributed by atoms with Gasteiger partial charge in [0.1, 0.15) is 11.8 Å². The molecule has 1 unspecified atom stereocenters. The Morgan fingerprint density at radius 3 is 2.24 bits per heavy atom. The quantitative estimate of drug-likeness (QED) is 0.821. The Bertz CT molecular complexity index is 694. The summed E-state index contributed by atoms with van der Waals surface area (Å²) in [6.07, 6.45) is -0.796. The number of amides is 1. The highest BCUT2D eigenvalue weighted by Crippen LogP contribution is 2.36. The maximum atomic E-state index is 11.5. The first-order chi connectivity index (χ1) is 11.5. The van der Waals surface area contributed by atoms with Crippen molar-refractivity contribution in [2.75, 3.05) is 0 Å². The molecule has 134 valence electrons. The predicted octanol–water partition coefficient (Wildman–Crippen LogP) is 1.75. The summed E-state index contributed by atoms with van der Waals surface area (Å²) < 4.78 is 17.7. The average Bonchev–Trinajstić information content (AvgIpc) is 2.72. The smallest absolute Gasteiger partial charge is 0.479 e. The zero-order chi connectivity index (χ0) is 19.0. The first kappa shape index (κ1) is 19.3. The van der Waals surface area contributed by atoms with E-state index in [0.29, 0.717) is 11.3 Å². The lowest BCUT2D eigenvalue weighted by molar-refractivity contribution is -0.126. The van der Waals surface area contributed by atoms with E-state index in [0.717, 1.165) is 5.46 Å². The molecular weight excluding hydrogens is 319 g/mol. The molecule has 0 bridgehead atoms. The zero-order valence-electron chi connectivity index (χ0n) is 15.6. The number of nitriles is 1. The van der Waals surface area contributed by atoms with Crippen molar-refractivity contribution in [3.8, 4) is 11.8 Å². The predicted molar refractivity (Wildman–Crippen MR) is 95.3 cm³/mol. The Morgan fingerprint density at radius 1 is 1.24 bits per heavy atom. The fourth-order valence-electron chi connectivity index (χ4n) is 2.52. The van der Waals surface area contributed by atoms with Crippen LogP contribution in [0.2, 0.25) is 0 Å². The molecule has 25 heavy (non-hydrogen) atoms. The maximum Gasteiger partial charge on any atom is 0.494 e. The summed E-state index contributed by atoms with van der Waals surface area (Å²) in [5.41, 5.74) is 5.48. The standard InChI is InChI=1S/C18H25BN2O4/c1-11(2)15(16(21)22)23-14-8-7-13(9-12(14)10-20)19-24-17(3,4)18(5,6)25-19/h7-9,11,15H,1-6H3,(H2,21,22). The minimum atomic E-state index is -0.796. The third-order valence-electron chi connectivity index (χ3n) is 4.79. The molecule has 1 heterocycles. The molecule has 1 aromatic rings. The molecule has 1 fully saturated rings. The van der Waals surface area contributed by atoms with E-state index in [1.54, 1.807) is 18.2 Å². The van der Waals surface area contributed by atoms with Crippen molar-refractivity contribution in [2.45, 2.75) is 58.8 Å². The maximum absolute atomic E-state index is 11.5. The van der Waals surface area contributed by atoms with Gasteiger partial charge < -0.3 is 19.8 Å². The fourth-order valence-corrected chi connectivity index (χ4v) is 2.52. The first-order valence-corrected chi connectivity index (χ1v) is 8.34. The van der Waals surface area contributed by atoms with Gasteiger partial charge in [-0.15, -0.1) is 0 Å². The normalized spacial score (nSPS) is 19.5. The molecule has 1 atom stereocenters. The Hall–Kier alpha value is -2.04. The number of primary amides is 1. The summed E-state index contributed by atoms with van der Waals surface area (Å²) in [5, 5.41) is 9.45. The van der Waals surface area contributed by atoms with Crippen LogP contribution in [0, 0.1) is 17.2 Å². The van der Waals surface area contributed by atoms with Crippen LogP contribution < -0.4 is 15.9 Å². The molecule has 0 aromatic heterocycles. The Balaban J connectivity index is 2.29. The van der Waals surface area contributed by atoms with E-state index >= 15 is 0 Å².